The summed E-state index contributed by atoms with van der Waals surface area (Å²) in [6.07, 6.45) is 0.962. The summed E-state index contributed by atoms with van der Waals surface area (Å²) in [6, 6.07) is -1.82. The van der Waals surface area contributed by atoms with Crippen molar-refractivity contribution in [1.82, 2.24) is 10.2 Å². The average Bonchev–Trinajstić information content (AvgIpc) is 2.76. The lowest BCUT2D eigenvalue weighted by Gasteiger charge is -2.20. The monoisotopic (exact) mass is 273 g/mol. The molecule has 1 rings (SSSR count). The SMILES string of the molecule is NC(=O)C[C@@H](NC(=O)N1CCC(CCO)C1)C(=O)O. The average molecular weight is 273 g/mol. The van der Waals surface area contributed by atoms with E-state index in [1.807, 2.05) is 0 Å². The number of primary amides is 1. The third-order valence-corrected chi connectivity index (χ3v) is 3.11. The maximum Gasteiger partial charge on any atom is 0.326 e. The topological polar surface area (TPSA) is 133 Å². The summed E-state index contributed by atoms with van der Waals surface area (Å²) >= 11 is 0. The molecule has 1 unspecified atom stereocenters. The minimum Gasteiger partial charge on any atom is -0.480 e. The quantitative estimate of drug-likeness (QED) is 0.479. The van der Waals surface area contributed by atoms with Crippen LogP contribution in [0.5, 0.6) is 0 Å². The van der Waals surface area contributed by atoms with E-state index >= 15 is 0 Å². The van der Waals surface area contributed by atoms with Gasteiger partial charge in [0.2, 0.25) is 5.91 Å². The molecule has 19 heavy (non-hydrogen) atoms. The van der Waals surface area contributed by atoms with E-state index in [0.717, 1.165) is 6.42 Å². The summed E-state index contributed by atoms with van der Waals surface area (Å²) in [5.74, 6) is -1.85. The number of carbonyl (C=O) groups excluding carboxylic acids is 2. The van der Waals surface area contributed by atoms with Crippen molar-refractivity contribution < 1.29 is 24.6 Å². The Balaban J connectivity index is 2.49. The lowest BCUT2D eigenvalue weighted by molar-refractivity contribution is -0.140. The highest BCUT2D eigenvalue weighted by atomic mass is 16.4. The Kier molecular flexibility index (Phi) is 5.56. The van der Waals surface area contributed by atoms with Crippen molar-refractivity contribution in [3.63, 3.8) is 0 Å². The maximum absolute atomic E-state index is 11.8. The van der Waals surface area contributed by atoms with Gasteiger partial charge >= 0.3 is 12.0 Å². The highest BCUT2D eigenvalue weighted by molar-refractivity contribution is 5.87. The number of nitrogens with zero attached hydrogens (tertiary/aromatic N) is 1. The van der Waals surface area contributed by atoms with Crippen LogP contribution in [0, 0.1) is 5.92 Å². The first kappa shape index (κ1) is 15.2. The molecule has 0 aromatic rings. The fourth-order valence-corrected chi connectivity index (χ4v) is 2.08. The molecule has 1 fully saturated rings. The molecule has 0 bridgehead atoms. The van der Waals surface area contributed by atoms with Crippen LogP contribution in [0.3, 0.4) is 0 Å². The molecule has 108 valence electrons. The second-order valence-electron chi connectivity index (χ2n) is 4.62. The molecule has 0 aromatic heterocycles. The third-order valence-electron chi connectivity index (χ3n) is 3.11. The number of nitrogens with two attached hydrogens (primary N) is 1. The summed E-state index contributed by atoms with van der Waals surface area (Å²) in [4.78, 5) is 34.9. The summed E-state index contributed by atoms with van der Waals surface area (Å²) in [5, 5.41) is 20.0. The summed E-state index contributed by atoms with van der Waals surface area (Å²) in [6.45, 7) is 1.06. The number of carbonyl (C=O) groups is 3. The number of aliphatic hydroxyl groups is 1. The lowest BCUT2D eigenvalue weighted by Crippen LogP contribution is -2.48. The van der Waals surface area contributed by atoms with Gasteiger partial charge in [0.05, 0.1) is 6.42 Å². The first-order valence-corrected chi connectivity index (χ1v) is 6.11. The molecule has 1 aliphatic heterocycles. The van der Waals surface area contributed by atoms with E-state index in [-0.39, 0.29) is 12.5 Å². The van der Waals surface area contributed by atoms with Gasteiger partial charge in [0.15, 0.2) is 0 Å². The largest absolute Gasteiger partial charge is 0.480 e. The molecule has 3 amide bonds. The van der Waals surface area contributed by atoms with E-state index in [1.165, 1.54) is 4.90 Å². The Bertz CT molecular complexity index is 360. The number of hydrogen-bond acceptors (Lipinski definition) is 4. The van der Waals surface area contributed by atoms with Crippen LogP contribution >= 0.6 is 0 Å². The van der Waals surface area contributed by atoms with Crippen LogP contribution in [-0.2, 0) is 9.59 Å². The molecule has 5 N–H and O–H groups in total. The van der Waals surface area contributed by atoms with Gasteiger partial charge in [-0.3, -0.25) is 4.79 Å². The predicted octanol–water partition coefficient (Wildman–Crippen LogP) is -1.27. The van der Waals surface area contributed by atoms with E-state index in [2.05, 4.69) is 5.32 Å². The van der Waals surface area contributed by atoms with Crippen LogP contribution in [0.2, 0.25) is 0 Å². The van der Waals surface area contributed by atoms with Crippen molar-refractivity contribution in [3.8, 4) is 0 Å². The molecule has 0 saturated carbocycles. The van der Waals surface area contributed by atoms with Gasteiger partial charge in [-0.1, -0.05) is 0 Å². The van der Waals surface area contributed by atoms with Crippen LogP contribution in [0.1, 0.15) is 19.3 Å². The first-order valence-electron chi connectivity index (χ1n) is 6.11. The number of urea groups is 1. The Labute approximate surface area is 110 Å². The van der Waals surface area contributed by atoms with Gasteiger partial charge in [-0.2, -0.15) is 0 Å². The Hall–Kier alpha value is -1.83. The summed E-state index contributed by atoms with van der Waals surface area (Å²) in [7, 11) is 0. The van der Waals surface area contributed by atoms with Crippen LogP contribution in [-0.4, -0.2) is 58.8 Å². The molecule has 0 radical (unpaired) electrons. The molecule has 0 spiro atoms. The van der Waals surface area contributed by atoms with Gasteiger partial charge in [-0.25, -0.2) is 9.59 Å². The highest BCUT2D eigenvalue weighted by Gasteiger charge is 2.29. The summed E-state index contributed by atoms with van der Waals surface area (Å²) in [5.41, 5.74) is 4.93. The van der Waals surface area contributed by atoms with Gasteiger partial charge in [0.1, 0.15) is 6.04 Å². The normalized spacial score (nSPS) is 20.1. The maximum atomic E-state index is 11.8. The molecule has 1 aliphatic rings. The van der Waals surface area contributed by atoms with Crippen molar-refractivity contribution >= 4 is 17.9 Å². The molecule has 1 saturated heterocycles. The standard InChI is InChI=1S/C11H19N3O5/c12-9(16)5-8(10(17)18)13-11(19)14-3-1-7(6-14)2-4-15/h7-8,15H,1-6H2,(H2,12,16)(H,13,19)(H,17,18)/t7?,8-/m1/s1. The van der Waals surface area contributed by atoms with E-state index < -0.39 is 30.4 Å². The van der Waals surface area contributed by atoms with Crippen LogP contribution in [0.15, 0.2) is 0 Å². The molecule has 0 aromatic carbocycles. The Morgan fingerprint density at radius 2 is 2.11 bits per heavy atom. The predicted molar refractivity (Wildman–Crippen MR) is 65.1 cm³/mol. The highest BCUT2D eigenvalue weighted by Crippen LogP contribution is 2.19. The number of hydrogen-bond donors (Lipinski definition) is 4. The van der Waals surface area contributed by atoms with E-state index in [9.17, 15) is 14.4 Å². The van der Waals surface area contributed by atoms with Crippen LogP contribution in [0.4, 0.5) is 4.79 Å². The number of likely N-dealkylation sites (tertiary alicyclic amines) is 1. The van der Waals surface area contributed by atoms with Crippen molar-refractivity contribution in [2.75, 3.05) is 19.7 Å². The van der Waals surface area contributed by atoms with Gasteiger partial charge < -0.3 is 26.2 Å². The molecule has 8 heteroatoms. The number of nitrogens with one attached hydrogen (secondary N) is 1. The Morgan fingerprint density at radius 3 is 2.63 bits per heavy atom. The van der Waals surface area contributed by atoms with Crippen LogP contribution in [0.25, 0.3) is 0 Å². The fourth-order valence-electron chi connectivity index (χ4n) is 2.08. The van der Waals surface area contributed by atoms with Gasteiger partial charge in [-0.05, 0) is 18.8 Å². The van der Waals surface area contributed by atoms with Gasteiger partial charge in [-0.15, -0.1) is 0 Å². The smallest absolute Gasteiger partial charge is 0.326 e. The number of aliphatic hydroxyl groups excluding tert-OH is 1. The molecular weight excluding hydrogens is 254 g/mol. The fraction of sp³-hybridized carbons (Fsp3) is 0.727. The number of aliphatic carboxylic acids is 1. The third kappa shape index (κ3) is 4.74. The molecule has 0 aliphatic carbocycles. The molecule has 8 nitrogen and oxygen atoms in total. The van der Waals surface area contributed by atoms with Crippen LogP contribution < -0.4 is 11.1 Å². The second kappa shape index (κ2) is 6.93. The second-order valence-corrected chi connectivity index (χ2v) is 4.62. The van der Waals surface area contributed by atoms with Gasteiger partial charge in [0.25, 0.3) is 0 Å². The van der Waals surface area contributed by atoms with Crippen molar-refractivity contribution in [3.05, 3.63) is 0 Å². The zero-order valence-electron chi connectivity index (χ0n) is 10.5. The number of amides is 3. The molecule has 2 atom stereocenters. The molecule has 1 heterocycles. The minimum absolute atomic E-state index is 0.0690. The number of rotatable bonds is 6. The van der Waals surface area contributed by atoms with E-state index in [4.69, 9.17) is 15.9 Å². The van der Waals surface area contributed by atoms with Crippen molar-refractivity contribution in [2.24, 2.45) is 11.7 Å². The first-order chi connectivity index (χ1) is 8.93. The minimum atomic E-state index is -1.30. The van der Waals surface area contributed by atoms with Gasteiger partial charge in [0, 0.05) is 19.7 Å². The molecular formula is C11H19N3O5. The van der Waals surface area contributed by atoms with Crippen molar-refractivity contribution in [2.45, 2.75) is 25.3 Å². The zero-order valence-corrected chi connectivity index (χ0v) is 10.5. The zero-order chi connectivity index (χ0) is 14.4. The number of carboxylic acid groups (broad SMARTS) is 1. The van der Waals surface area contributed by atoms with E-state index in [1.54, 1.807) is 0 Å². The number of carboxylic acids is 1. The van der Waals surface area contributed by atoms with Crippen molar-refractivity contribution in [1.29, 1.82) is 0 Å². The Morgan fingerprint density at radius 1 is 1.42 bits per heavy atom. The summed E-state index contributed by atoms with van der Waals surface area (Å²) < 4.78 is 0. The lowest BCUT2D eigenvalue weighted by atomic mass is 10.1. The van der Waals surface area contributed by atoms with E-state index in [0.29, 0.717) is 19.5 Å².